The van der Waals surface area contributed by atoms with Crippen LogP contribution < -0.4 is 0 Å². The molecule has 0 aliphatic heterocycles. The summed E-state index contributed by atoms with van der Waals surface area (Å²) in [5.41, 5.74) is 2.26. The maximum atomic E-state index is 5.42. The highest BCUT2D eigenvalue weighted by atomic mass is 32.1. The van der Waals surface area contributed by atoms with Crippen LogP contribution in [0.25, 0.3) is 11.6 Å². The van der Waals surface area contributed by atoms with E-state index < -0.39 is 0 Å². The van der Waals surface area contributed by atoms with Crippen molar-refractivity contribution in [3.05, 3.63) is 34.3 Å². The Morgan fingerprint density at radius 3 is 2.94 bits per heavy atom. The van der Waals surface area contributed by atoms with Crippen LogP contribution in [0, 0.1) is 11.6 Å². The summed E-state index contributed by atoms with van der Waals surface area (Å²) >= 11 is 5.18. The van der Waals surface area contributed by atoms with Crippen molar-refractivity contribution in [1.29, 1.82) is 0 Å². The van der Waals surface area contributed by atoms with E-state index in [9.17, 15) is 0 Å². The van der Waals surface area contributed by atoms with Crippen molar-refractivity contribution in [2.24, 2.45) is 0 Å². The molecule has 16 heavy (non-hydrogen) atoms. The normalized spacial score (nSPS) is 15.3. The number of nitrogens with one attached hydrogen (secondary N) is 1. The number of hydrogen-bond acceptors (Lipinski definition) is 3. The third-order valence-corrected chi connectivity index (χ3v) is 3.07. The Kier molecular flexibility index (Phi) is 2.17. The Bertz CT molecular complexity index is 581. The lowest BCUT2D eigenvalue weighted by Gasteiger charge is -2.03. The highest BCUT2D eigenvalue weighted by Gasteiger charge is 2.25. The van der Waals surface area contributed by atoms with Crippen LogP contribution in [-0.2, 0) is 0 Å². The van der Waals surface area contributed by atoms with Crippen molar-refractivity contribution in [1.82, 2.24) is 9.97 Å². The van der Waals surface area contributed by atoms with Gasteiger partial charge in [-0.05, 0) is 43.4 Å². The molecule has 0 unspecified atom stereocenters. The Morgan fingerprint density at radius 1 is 1.50 bits per heavy atom. The third-order valence-electron chi connectivity index (χ3n) is 2.86. The zero-order chi connectivity index (χ0) is 11.1. The van der Waals surface area contributed by atoms with Crippen LogP contribution in [0.3, 0.4) is 0 Å². The van der Waals surface area contributed by atoms with Crippen molar-refractivity contribution in [2.45, 2.75) is 25.7 Å². The summed E-state index contributed by atoms with van der Waals surface area (Å²) in [5.74, 6) is 2.17. The Labute approximate surface area is 98.5 Å². The lowest BCUT2D eigenvalue weighted by atomic mass is 10.2. The van der Waals surface area contributed by atoms with E-state index in [0.717, 1.165) is 17.1 Å². The lowest BCUT2D eigenvalue weighted by Crippen LogP contribution is -1.94. The minimum absolute atomic E-state index is 0.631. The molecule has 3 nitrogen and oxygen atoms in total. The van der Waals surface area contributed by atoms with Crippen LogP contribution in [-0.4, -0.2) is 9.97 Å². The zero-order valence-electron chi connectivity index (χ0n) is 8.99. The fraction of sp³-hybridized carbons (Fsp3) is 0.333. The van der Waals surface area contributed by atoms with Crippen molar-refractivity contribution in [3.63, 3.8) is 0 Å². The number of rotatable bonds is 2. The quantitative estimate of drug-likeness (QED) is 0.804. The van der Waals surface area contributed by atoms with Crippen LogP contribution in [0.4, 0.5) is 0 Å². The van der Waals surface area contributed by atoms with Crippen LogP contribution in [0.2, 0.25) is 0 Å². The highest BCUT2D eigenvalue weighted by molar-refractivity contribution is 7.71. The fourth-order valence-corrected chi connectivity index (χ4v) is 2.03. The summed E-state index contributed by atoms with van der Waals surface area (Å²) in [6, 6.07) is 3.88. The molecular formula is C12H12N2OS. The zero-order valence-corrected chi connectivity index (χ0v) is 9.80. The van der Waals surface area contributed by atoms with Gasteiger partial charge in [-0.1, -0.05) is 12.2 Å². The average molecular weight is 232 g/mol. The van der Waals surface area contributed by atoms with Gasteiger partial charge in [-0.25, -0.2) is 4.98 Å². The van der Waals surface area contributed by atoms with E-state index in [4.69, 9.17) is 16.6 Å². The first-order chi connectivity index (χ1) is 7.74. The molecule has 1 aliphatic carbocycles. The number of furan rings is 1. The van der Waals surface area contributed by atoms with E-state index in [1.54, 1.807) is 6.26 Å². The molecule has 0 radical (unpaired) electrons. The molecule has 1 fully saturated rings. The van der Waals surface area contributed by atoms with Gasteiger partial charge in [0.25, 0.3) is 0 Å². The molecule has 2 heterocycles. The van der Waals surface area contributed by atoms with Crippen molar-refractivity contribution in [2.75, 3.05) is 0 Å². The van der Waals surface area contributed by atoms with Gasteiger partial charge < -0.3 is 9.40 Å². The maximum absolute atomic E-state index is 5.42. The van der Waals surface area contributed by atoms with Crippen LogP contribution >= 0.6 is 12.2 Å². The first-order valence-corrected chi connectivity index (χ1v) is 5.80. The van der Waals surface area contributed by atoms with Gasteiger partial charge in [0.15, 0.2) is 11.6 Å². The van der Waals surface area contributed by atoms with Gasteiger partial charge in [0.05, 0.1) is 6.26 Å². The number of aromatic amines is 1. The minimum atomic E-state index is 0.631. The van der Waals surface area contributed by atoms with E-state index in [0.29, 0.717) is 10.6 Å². The van der Waals surface area contributed by atoms with E-state index >= 15 is 0 Å². The molecule has 2 aromatic rings. The Balaban J connectivity index is 2.13. The van der Waals surface area contributed by atoms with Crippen molar-refractivity contribution in [3.8, 4) is 11.6 Å². The topological polar surface area (TPSA) is 41.8 Å². The van der Waals surface area contributed by atoms with Crippen molar-refractivity contribution < 1.29 is 4.42 Å². The van der Waals surface area contributed by atoms with Gasteiger partial charge in [0.2, 0.25) is 0 Å². The molecule has 0 bridgehead atoms. The molecule has 2 aromatic heterocycles. The molecule has 0 saturated heterocycles. The Morgan fingerprint density at radius 2 is 2.31 bits per heavy atom. The SMILES string of the molecule is Cc1ccoc1-c1nc(=S)cc(C2CC2)[nH]1. The van der Waals surface area contributed by atoms with Gasteiger partial charge in [0, 0.05) is 5.69 Å². The van der Waals surface area contributed by atoms with Crippen LogP contribution in [0.5, 0.6) is 0 Å². The van der Waals surface area contributed by atoms with E-state index in [1.807, 2.05) is 19.1 Å². The van der Waals surface area contributed by atoms with Gasteiger partial charge >= 0.3 is 0 Å². The number of H-pyrrole nitrogens is 1. The molecule has 3 rings (SSSR count). The summed E-state index contributed by atoms with van der Waals surface area (Å²) in [6.45, 7) is 2.00. The van der Waals surface area contributed by atoms with Crippen LogP contribution in [0.15, 0.2) is 22.8 Å². The van der Waals surface area contributed by atoms with E-state index in [-0.39, 0.29) is 0 Å². The van der Waals surface area contributed by atoms with Gasteiger partial charge in [-0.2, -0.15) is 0 Å². The monoisotopic (exact) mass is 232 g/mol. The molecule has 4 heteroatoms. The molecular weight excluding hydrogens is 220 g/mol. The summed E-state index contributed by atoms with van der Waals surface area (Å²) in [7, 11) is 0. The van der Waals surface area contributed by atoms with Crippen LogP contribution in [0.1, 0.15) is 30.0 Å². The van der Waals surface area contributed by atoms with Gasteiger partial charge in [-0.3, -0.25) is 0 Å². The second kappa shape index (κ2) is 3.56. The molecule has 0 amide bonds. The summed E-state index contributed by atoms with van der Waals surface area (Å²) < 4.78 is 6.05. The first-order valence-electron chi connectivity index (χ1n) is 5.40. The molecule has 1 saturated carbocycles. The number of hydrogen-bond donors (Lipinski definition) is 1. The lowest BCUT2D eigenvalue weighted by molar-refractivity contribution is 0.575. The van der Waals surface area contributed by atoms with E-state index in [1.165, 1.54) is 18.5 Å². The summed E-state index contributed by atoms with van der Waals surface area (Å²) in [5, 5.41) is 0. The number of aromatic nitrogens is 2. The second-order valence-corrected chi connectivity index (χ2v) is 4.65. The fourth-order valence-electron chi connectivity index (χ4n) is 1.81. The number of nitrogens with zero attached hydrogens (tertiary/aromatic N) is 1. The van der Waals surface area contributed by atoms with Gasteiger partial charge in [-0.15, -0.1) is 0 Å². The highest BCUT2D eigenvalue weighted by Crippen LogP contribution is 2.39. The number of aryl methyl sites for hydroxylation is 1. The molecule has 0 spiro atoms. The average Bonchev–Trinajstić information content (AvgIpc) is 3.01. The minimum Gasteiger partial charge on any atom is -0.461 e. The predicted molar refractivity (Wildman–Crippen MR) is 63.8 cm³/mol. The molecule has 0 atom stereocenters. The molecule has 0 aromatic carbocycles. The summed E-state index contributed by atoms with van der Waals surface area (Å²) in [4.78, 5) is 7.63. The molecule has 1 aliphatic rings. The van der Waals surface area contributed by atoms with Crippen molar-refractivity contribution >= 4 is 12.2 Å². The Hall–Kier alpha value is -1.42. The first kappa shape index (κ1) is 9.78. The molecule has 1 N–H and O–H groups in total. The standard InChI is InChI=1S/C12H12N2OS/c1-7-4-5-15-11(7)12-13-9(8-2-3-8)6-10(16)14-12/h4-6,8H,2-3H2,1H3,(H,13,14,16). The summed E-state index contributed by atoms with van der Waals surface area (Å²) in [6.07, 6.45) is 4.16. The largest absolute Gasteiger partial charge is 0.461 e. The van der Waals surface area contributed by atoms with E-state index in [2.05, 4.69) is 9.97 Å². The third kappa shape index (κ3) is 1.69. The smallest absolute Gasteiger partial charge is 0.175 e. The molecule has 82 valence electrons. The van der Waals surface area contributed by atoms with Gasteiger partial charge in [0.1, 0.15) is 4.64 Å². The second-order valence-electron chi connectivity index (χ2n) is 4.23. The predicted octanol–water partition coefficient (Wildman–Crippen LogP) is 3.59. The maximum Gasteiger partial charge on any atom is 0.175 e.